The number of thioether (sulfide) groups is 1. The number of amides is 3. The van der Waals surface area contributed by atoms with E-state index in [1.165, 1.54) is 29.4 Å². The fraction of sp³-hybridized carbons (Fsp3) is 0.182. The number of carbonyl (C=O) groups is 2. The Kier molecular flexibility index (Phi) is 4.99. The van der Waals surface area contributed by atoms with E-state index in [0.717, 1.165) is 4.34 Å². The van der Waals surface area contributed by atoms with E-state index in [4.69, 9.17) is 4.42 Å². The lowest BCUT2D eigenvalue weighted by Gasteiger charge is -2.04. The highest BCUT2D eigenvalue weighted by Crippen LogP contribution is 2.19. The first-order valence-corrected chi connectivity index (χ1v) is 7.23. The van der Waals surface area contributed by atoms with Gasteiger partial charge in [-0.05, 0) is 12.1 Å². The first-order valence-electron chi connectivity index (χ1n) is 5.36. The van der Waals surface area contributed by atoms with Crippen molar-refractivity contribution in [1.29, 1.82) is 0 Å². The molecular weight excluding hydrogens is 286 g/mol. The van der Waals surface area contributed by atoms with Crippen LogP contribution in [0.15, 0.2) is 38.7 Å². The fourth-order valence-corrected chi connectivity index (χ4v) is 2.63. The summed E-state index contributed by atoms with van der Waals surface area (Å²) in [5, 5.41) is 6.58. The summed E-state index contributed by atoms with van der Waals surface area (Å²) in [6.45, 7) is 0.242. The van der Waals surface area contributed by atoms with Gasteiger partial charge in [-0.3, -0.25) is 10.1 Å². The van der Waals surface area contributed by atoms with Crippen molar-refractivity contribution in [2.45, 2.75) is 10.9 Å². The standard InChI is InChI=1S/C11H11N3O3S2/c15-9(7-19-11-12-3-5-18-11)14-10(16)13-6-8-2-1-4-17-8/h1-5H,6-7H2,(H2,13,14,15,16). The molecule has 0 spiro atoms. The number of thiazole rings is 1. The second-order valence-corrected chi connectivity index (χ2v) is 5.51. The van der Waals surface area contributed by atoms with E-state index in [-0.39, 0.29) is 18.2 Å². The first-order chi connectivity index (χ1) is 9.24. The first kappa shape index (κ1) is 13.6. The van der Waals surface area contributed by atoms with Crippen LogP contribution in [0.4, 0.5) is 4.79 Å². The molecule has 2 aromatic rings. The predicted octanol–water partition coefficient (Wildman–Crippen LogP) is 1.85. The quantitative estimate of drug-likeness (QED) is 0.823. The number of hydrogen-bond donors (Lipinski definition) is 2. The number of urea groups is 1. The summed E-state index contributed by atoms with van der Waals surface area (Å²) in [6.07, 6.45) is 3.19. The largest absolute Gasteiger partial charge is 0.467 e. The minimum absolute atomic E-state index is 0.154. The number of imide groups is 1. The smallest absolute Gasteiger partial charge is 0.321 e. The van der Waals surface area contributed by atoms with E-state index in [0.29, 0.717) is 5.76 Å². The van der Waals surface area contributed by atoms with Crippen LogP contribution in [0.5, 0.6) is 0 Å². The molecule has 0 fully saturated rings. The van der Waals surface area contributed by atoms with Gasteiger partial charge in [-0.15, -0.1) is 11.3 Å². The summed E-state index contributed by atoms with van der Waals surface area (Å²) in [5.74, 6) is 0.415. The third kappa shape index (κ3) is 4.76. The SMILES string of the molecule is O=C(CSc1nccs1)NC(=O)NCc1ccco1. The second-order valence-electron chi connectivity index (χ2n) is 3.40. The maximum atomic E-state index is 11.5. The van der Waals surface area contributed by atoms with Crippen molar-refractivity contribution < 1.29 is 14.0 Å². The molecule has 0 bridgehead atoms. The molecule has 0 atom stereocenters. The van der Waals surface area contributed by atoms with Crippen molar-refractivity contribution in [1.82, 2.24) is 15.6 Å². The predicted molar refractivity (Wildman–Crippen MR) is 71.9 cm³/mol. The van der Waals surface area contributed by atoms with Gasteiger partial charge in [0.2, 0.25) is 5.91 Å². The Balaban J connectivity index is 1.65. The van der Waals surface area contributed by atoms with Crippen molar-refractivity contribution in [3.05, 3.63) is 35.7 Å². The van der Waals surface area contributed by atoms with Gasteiger partial charge in [0.1, 0.15) is 10.1 Å². The summed E-state index contributed by atoms with van der Waals surface area (Å²) in [4.78, 5) is 26.9. The molecular formula is C11H11N3O3S2. The number of carbonyl (C=O) groups excluding carboxylic acids is 2. The van der Waals surface area contributed by atoms with Crippen LogP contribution >= 0.6 is 23.1 Å². The summed E-state index contributed by atoms with van der Waals surface area (Å²) in [5.41, 5.74) is 0. The molecule has 2 aromatic heterocycles. The summed E-state index contributed by atoms with van der Waals surface area (Å²) < 4.78 is 5.84. The number of aromatic nitrogens is 1. The molecule has 6 nitrogen and oxygen atoms in total. The fourth-order valence-electron chi connectivity index (χ4n) is 1.20. The normalized spacial score (nSPS) is 10.1. The summed E-state index contributed by atoms with van der Waals surface area (Å²) in [7, 11) is 0. The Hall–Kier alpha value is -1.80. The lowest BCUT2D eigenvalue weighted by Crippen LogP contribution is -2.39. The van der Waals surface area contributed by atoms with Crippen LogP contribution in [0.2, 0.25) is 0 Å². The number of hydrogen-bond acceptors (Lipinski definition) is 6. The van der Waals surface area contributed by atoms with Gasteiger partial charge in [0.15, 0.2) is 0 Å². The maximum Gasteiger partial charge on any atom is 0.321 e. The Labute approximate surface area is 117 Å². The Morgan fingerprint density at radius 3 is 3.05 bits per heavy atom. The third-order valence-electron chi connectivity index (χ3n) is 1.99. The van der Waals surface area contributed by atoms with Gasteiger partial charge in [0, 0.05) is 11.6 Å². The third-order valence-corrected chi connectivity index (χ3v) is 3.96. The Morgan fingerprint density at radius 2 is 2.37 bits per heavy atom. The van der Waals surface area contributed by atoms with Crippen molar-refractivity contribution >= 4 is 35.0 Å². The lowest BCUT2D eigenvalue weighted by molar-refractivity contribution is -0.117. The zero-order valence-corrected chi connectivity index (χ0v) is 11.4. The second kappa shape index (κ2) is 6.95. The van der Waals surface area contributed by atoms with Crippen LogP contribution in [0.25, 0.3) is 0 Å². The van der Waals surface area contributed by atoms with Crippen LogP contribution in [-0.2, 0) is 11.3 Å². The molecule has 0 saturated carbocycles. The van der Waals surface area contributed by atoms with Crippen LogP contribution in [-0.4, -0.2) is 22.7 Å². The zero-order chi connectivity index (χ0) is 13.5. The molecule has 0 aliphatic rings. The average molecular weight is 297 g/mol. The van der Waals surface area contributed by atoms with Gasteiger partial charge >= 0.3 is 6.03 Å². The summed E-state index contributed by atoms with van der Waals surface area (Å²) >= 11 is 2.74. The minimum Gasteiger partial charge on any atom is -0.467 e. The number of furan rings is 1. The van der Waals surface area contributed by atoms with Gasteiger partial charge in [0.25, 0.3) is 0 Å². The van der Waals surface area contributed by atoms with Crippen molar-refractivity contribution in [2.24, 2.45) is 0 Å². The number of rotatable bonds is 5. The van der Waals surface area contributed by atoms with Crippen molar-refractivity contribution in [2.75, 3.05) is 5.75 Å². The van der Waals surface area contributed by atoms with E-state index < -0.39 is 6.03 Å². The lowest BCUT2D eigenvalue weighted by atomic mass is 10.4. The van der Waals surface area contributed by atoms with E-state index >= 15 is 0 Å². The van der Waals surface area contributed by atoms with Crippen molar-refractivity contribution in [3.8, 4) is 0 Å². The monoisotopic (exact) mass is 297 g/mol. The van der Waals surface area contributed by atoms with Crippen LogP contribution in [0.3, 0.4) is 0 Å². The van der Waals surface area contributed by atoms with Gasteiger partial charge in [-0.1, -0.05) is 11.8 Å². The average Bonchev–Trinajstić information content (AvgIpc) is 3.07. The van der Waals surface area contributed by atoms with Gasteiger partial charge in [-0.25, -0.2) is 9.78 Å². The topological polar surface area (TPSA) is 84.2 Å². The number of nitrogens with zero attached hydrogens (tertiary/aromatic N) is 1. The zero-order valence-electron chi connectivity index (χ0n) is 9.79. The molecule has 19 heavy (non-hydrogen) atoms. The molecule has 0 aliphatic carbocycles. The molecule has 0 unspecified atom stereocenters. The molecule has 8 heteroatoms. The Morgan fingerprint density at radius 1 is 1.47 bits per heavy atom. The summed E-state index contributed by atoms with van der Waals surface area (Å²) in [6, 6.07) is 2.92. The van der Waals surface area contributed by atoms with Crippen LogP contribution in [0, 0.1) is 0 Å². The Bertz CT molecular complexity index is 477. The highest BCUT2D eigenvalue weighted by Gasteiger charge is 2.09. The molecule has 0 aromatic carbocycles. The van der Waals surface area contributed by atoms with Gasteiger partial charge in [0.05, 0.1) is 18.6 Å². The van der Waals surface area contributed by atoms with E-state index in [1.807, 2.05) is 5.38 Å². The van der Waals surface area contributed by atoms with E-state index in [2.05, 4.69) is 15.6 Å². The van der Waals surface area contributed by atoms with Crippen LogP contribution in [0.1, 0.15) is 5.76 Å². The van der Waals surface area contributed by atoms with Gasteiger partial charge in [-0.2, -0.15) is 0 Å². The van der Waals surface area contributed by atoms with Gasteiger partial charge < -0.3 is 9.73 Å². The number of nitrogens with one attached hydrogen (secondary N) is 2. The highest BCUT2D eigenvalue weighted by molar-refractivity contribution is 8.01. The highest BCUT2D eigenvalue weighted by atomic mass is 32.2. The molecule has 2 rings (SSSR count). The molecule has 0 aliphatic heterocycles. The molecule has 0 radical (unpaired) electrons. The molecule has 2 N–H and O–H groups in total. The molecule has 3 amide bonds. The van der Waals surface area contributed by atoms with E-state index in [1.54, 1.807) is 18.3 Å². The maximum absolute atomic E-state index is 11.5. The van der Waals surface area contributed by atoms with Crippen molar-refractivity contribution in [3.63, 3.8) is 0 Å². The van der Waals surface area contributed by atoms with E-state index in [9.17, 15) is 9.59 Å². The minimum atomic E-state index is -0.541. The molecule has 0 saturated heterocycles. The molecule has 2 heterocycles. The van der Waals surface area contributed by atoms with Crippen LogP contribution < -0.4 is 10.6 Å². The molecule has 100 valence electrons.